The summed E-state index contributed by atoms with van der Waals surface area (Å²) in [5.74, 6) is -0.763. The van der Waals surface area contributed by atoms with Gasteiger partial charge in [-0.2, -0.15) is 0 Å². The zero-order valence-electron chi connectivity index (χ0n) is 17.3. The standard InChI is InChI=1S/C24H27FN2O3/c1-14(2)12-24(23(29)30)13-21(24)27-22(28)19-10-9-18(16-5-6-16)20(26-19)11-15-3-7-17(25)8-4-15/h3-4,7-10,14,16,21H,5-6,11-13H2,1-2H3,(H,27,28)(H,29,30)/t21-,24+/m0/s1. The van der Waals surface area contributed by atoms with Crippen LogP contribution < -0.4 is 5.32 Å². The number of carbonyl (C=O) groups excluding carboxylic acids is 1. The van der Waals surface area contributed by atoms with Crippen molar-refractivity contribution in [1.29, 1.82) is 0 Å². The van der Waals surface area contributed by atoms with Gasteiger partial charge in [0.2, 0.25) is 0 Å². The van der Waals surface area contributed by atoms with Gasteiger partial charge in [0.1, 0.15) is 11.5 Å². The highest BCUT2D eigenvalue weighted by Crippen LogP contribution is 2.51. The Balaban J connectivity index is 1.52. The van der Waals surface area contributed by atoms with Gasteiger partial charge in [0.25, 0.3) is 5.91 Å². The lowest BCUT2D eigenvalue weighted by molar-refractivity contribution is -0.144. The van der Waals surface area contributed by atoms with Crippen molar-refractivity contribution in [1.82, 2.24) is 10.3 Å². The van der Waals surface area contributed by atoms with Crippen molar-refractivity contribution in [2.75, 3.05) is 0 Å². The molecule has 158 valence electrons. The maximum Gasteiger partial charge on any atom is 0.311 e. The number of carboxylic acid groups (broad SMARTS) is 1. The lowest BCUT2D eigenvalue weighted by Crippen LogP contribution is -2.34. The molecule has 0 saturated heterocycles. The Morgan fingerprint density at radius 1 is 1.20 bits per heavy atom. The van der Waals surface area contributed by atoms with Crippen molar-refractivity contribution in [3.05, 3.63) is 64.7 Å². The van der Waals surface area contributed by atoms with Gasteiger partial charge in [-0.3, -0.25) is 9.59 Å². The topological polar surface area (TPSA) is 79.3 Å². The highest BCUT2D eigenvalue weighted by molar-refractivity contribution is 5.94. The van der Waals surface area contributed by atoms with Crippen molar-refractivity contribution in [3.63, 3.8) is 0 Å². The summed E-state index contributed by atoms with van der Waals surface area (Å²) >= 11 is 0. The molecule has 2 aromatic rings. The summed E-state index contributed by atoms with van der Waals surface area (Å²) in [7, 11) is 0. The molecule has 0 aliphatic heterocycles. The van der Waals surface area contributed by atoms with Crippen LogP contribution in [0.4, 0.5) is 4.39 Å². The molecular weight excluding hydrogens is 383 g/mol. The van der Waals surface area contributed by atoms with Gasteiger partial charge in [0.05, 0.1) is 5.41 Å². The molecule has 0 spiro atoms. The Morgan fingerprint density at radius 2 is 1.90 bits per heavy atom. The van der Waals surface area contributed by atoms with Crippen molar-refractivity contribution < 1.29 is 19.1 Å². The number of halogens is 1. The summed E-state index contributed by atoms with van der Waals surface area (Å²) in [5.41, 5.74) is 2.34. The Hall–Kier alpha value is -2.76. The normalized spacial score (nSPS) is 22.7. The second kappa shape index (κ2) is 7.82. The average molecular weight is 410 g/mol. The predicted molar refractivity (Wildman–Crippen MR) is 111 cm³/mol. The summed E-state index contributed by atoms with van der Waals surface area (Å²) in [5, 5.41) is 12.5. The molecule has 2 N–H and O–H groups in total. The molecule has 0 unspecified atom stereocenters. The molecule has 2 aliphatic carbocycles. The highest BCUT2D eigenvalue weighted by Gasteiger charge is 2.61. The van der Waals surface area contributed by atoms with E-state index in [1.165, 1.54) is 12.1 Å². The highest BCUT2D eigenvalue weighted by atomic mass is 19.1. The summed E-state index contributed by atoms with van der Waals surface area (Å²) in [6, 6.07) is 9.64. The summed E-state index contributed by atoms with van der Waals surface area (Å²) < 4.78 is 13.2. The molecule has 1 aromatic carbocycles. The van der Waals surface area contributed by atoms with Crippen LogP contribution in [0.1, 0.15) is 72.8 Å². The zero-order valence-corrected chi connectivity index (χ0v) is 17.3. The van der Waals surface area contributed by atoms with Crippen LogP contribution in [-0.2, 0) is 11.2 Å². The van der Waals surface area contributed by atoms with Gasteiger partial charge >= 0.3 is 5.97 Å². The molecular formula is C24H27FN2O3. The molecule has 1 amide bonds. The number of hydrogen-bond donors (Lipinski definition) is 2. The summed E-state index contributed by atoms with van der Waals surface area (Å²) in [6.45, 7) is 3.98. The number of pyridine rings is 1. The first kappa shape index (κ1) is 20.5. The molecule has 0 bridgehead atoms. The van der Waals surface area contributed by atoms with E-state index in [0.717, 1.165) is 29.7 Å². The number of amides is 1. The van der Waals surface area contributed by atoms with E-state index < -0.39 is 11.4 Å². The molecule has 30 heavy (non-hydrogen) atoms. The number of rotatable bonds is 8. The minimum Gasteiger partial charge on any atom is -0.481 e. The first-order valence-corrected chi connectivity index (χ1v) is 10.6. The van der Waals surface area contributed by atoms with Gasteiger partial charge in [0.15, 0.2) is 0 Å². The van der Waals surface area contributed by atoms with Crippen LogP contribution in [0.15, 0.2) is 36.4 Å². The first-order valence-electron chi connectivity index (χ1n) is 10.6. The van der Waals surface area contributed by atoms with E-state index in [1.54, 1.807) is 18.2 Å². The maximum atomic E-state index is 13.2. The third-order valence-electron chi connectivity index (χ3n) is 6.12. The molecule has 6 heteroatoms. The van der Waals surface area contributed by atoms with E-state index in [4.69, 9.17) is 0 Å². The van der Waals surface area contributed by atoms with Crippen molar-refractivity contribution >= 4 is 11.9 Å². The van der Waals surface area contributed by atoms with Gasteiger partial charge in [-0.05, 0) is 66.8 Å². The summed E-state index contributed by atoms with van der Waals surface area (Å²) in [4.78, 5) is 29.2. The van der Waals surface area contributed by atoms with Crippen molar-refractivity contribution in [2.24, 2.45) is 11.3 Å². The predicted octanol–water partition coefficient (Wildman–Crippen LogP) is 4.31. The third kappa shape index (κ3) is 4.23. The number of carboxylic acids is 1. The Labute approximate surface area is 175 Å². The van der Waals surface area contributed by atoms with E-state index in [2.05, 4.69) is 10.3 Å². The average Bonchev–Trinajstić information content (AvgIpc) is 3.60. The molecule has 2 aliphatic rings. The lowest BCUT2D eigenvalue weighted by atomic mass is 9.93. The monoisotopic (exact) mass is 410 g/mol. The fraction of sp³-hybridized carbons (Fsp3) is 0.458. The van der Waals surface area contributed by atoms with Crippen LogP contribution in [0.25, 0.3) is 0 Å². The molecule has 5 nitrogen and oxygen atoms in total. The first-order chi connectivity index (χ1) is 14.3. The lowest BCUT2D eigenvalue weighted by Gasteiger charge is -2.16. The maximum absolute atomic E-state index is 13.2. The number of nitrogens with zero attached hydrogens (tertiary/aromatic N) is 1. The fourth-order valence-corrected chi connectivity index (χ4v) is 4.35. The molecule has 1 aromatic heterocycles. The minimum absolute atomic E-state index is 0.237. The Bertz CT molecular complexity index is 969. The Kier molecular flexibility index (Phi) is 5.35. The van der Waals surface area contributed by atoms with Gasteiger partial charge in [-0.15, -0.1) is 0 Å². The minimum atomic E-state index is -0.866. The van der Waals surface area contributed by atoms with Crippen LogP contribution in [-0.4, -0.2) is 28.0 Å². The number of aromatic nitrogens is 1. The quantitative estimate of drug-likeness (QED) is 0.680. The summed E-state index contributed by atoms with van der Waals surface area (Å²) in [6.07, 6.45) is 3.75. The molecule has 4 rings (SSSR count). The number of benzene rings is 1. The van der Waals surface area contributed by atoms with E-state index in [1.807, 2.05) is 19.9 Å². The molecule has 2 fully saturated rings. The van der Waals surface area contributed by atoms with Gasteiger partial charge in [-0.25, -0.2) is 9.37 Å². The number of hydrogen-bond acceptors (Lipinski definition) is 3. The molecule has 2 saturated carbocycles. The SMILES string of the molecule is CC(C)C[C@@]1(C(=O)O)C[C@@H]1NC(=O)c1ccc(C2CC2)c(Cc2ccc(F)cc2)n1. The van der Waals surface area contributed by atoms with Gasteiger partial charge in [0, 0.05) is 18.2 Å². The third-order valence-corrected chi connectivity index (χ3v) is 6.12. The fourth-order valence-electron chi connectivity index (χ4n) is 4.35. The van der Waals surface area contributed by atoms with E-state index in [-0.39, 0.29) is 23.7 Å². The van der Waals surface area contributed by atoms with Crippen LogP contribution in [0, 0.1) is 17.2 Å². The second-order valence-electron chi connectivity index (χ2n) is 9.10. The van der Waals surface area contributed by atoms with Crippen LogP contribution in [0.2, 0.25) is 0 Å². The van der Waals surface area contributed by atoms with Gasteiger partial charge in [-0.1, -0.05) is 32.0 Å². The van der Waals surface area contributed by atoms with E-state index in [0.29, 0.717) is 30.9 Å². The zero-order chi connectivity index (χ0) is 21.5. The smallest absolute Gasteiger partial charge is 0.311 e. The molecule has 0 radical (unpaired) electrons. The number of carbonyl (C=O) groups is 2. The van der Waals surface area contributed by atoms with Crippen LogP contribution in [0.5, 0.6) is 0 Å². The largest absolute Gasteiger partial charge is 0.481 e. The number of aliphatic carboxylic acids is 1. The van der Waals surface area contributed by atoms with Crippen molar-refractivity contribution in [2.45, 2.75) is 57.9 Å². The van der Waals surface area contributed by atoms with Gasteiger partial charge < -0.3 is 10.4 Å². The number of nitrogens with one attached hydrogen (secondary N) is 1. The molecule has 1 heterocycles. The Morgan fingerprint density at radius 3 is 2.50 bits per heavy atom. The molecule has 2 atom stereocenters. The van der Waals surface area contributed by atoms with E-state index >= 15 is 0 Å². The van der Waals surface area contributed by atoms with E-state index in [9.17, 15) is 19.1 Å². The second-order valence-corrected chi connectivity index (χ2v) is 9.10. The van der Waals surface area contributed by atoms with Crippen LogP contribution >= 0.6 is 0 Å². The van der Waals surface area contributed by atoms with Crippen molar-refractivity contribution in [3.8, 4) is 0 Å². The van der Waals surface area contributed by atoms with Crippen LogP contribution in [0.3, 0.4) is 0 Å².